The van der Waals surface area contributed by atoms with Crippen LogP contribution >= 0.6 is 0 Å². The van der Waals surface area contributed by atoms with Crippen molar-refractivity contribution in [3.05, 3.63) is 35.8 Å². The van der Waals surface area contributed by atoms with E-state index in [0.717, 1.165) is 11.0 Å². The van der Waals surface area contributed by atoms with Gasteiger partial charge in [0.1, 0.15) is 17.4 Å². The van der Waals surface area contributed by atoms with E-state index in [4.69, 9.17) is 10.5 Å². The molecule has 0 fully saturated rings. The number of aliphatic hydroxyl groups is 2. The summed E-state index contributed by atoms with van der Waals surface area (Å²) >= 11 is 0. The minimum Gasteiger partial charge on any atom is -0.510 e. The van der Waals surface area contributed by atoms with Gasteiger partial charge in [0, 0.05) is 6.54 Å². The van der Waals surface area contributed by atoms with E-state index in [-0.39, 0.29) is 24.7 Å². The van der Waals surface area contributed by atoms with Crippen LogP contribution in [0.1, 0.15) is 5.82 Å². The summed E-state index contributed by atoms with van der Waals surface area (Å²) in [4.78, 5) is 9.10. The molecule has 0 radical (unpaired) electrons. The van der Waals surface area contributed by atoms with Gasteiger partial charge in [-0.25, -0.2) is 4.98 Å². The van der Waals surface area contributed by atoms with Gasteiger partial charge in [0.15, 0.2) is 0 Å². The molecule has 1 aromatic heterocycles. The molecule has 1 aliphatic heterocycles. The molecule has 98 valence electrons. The van der Waals surface area contributed by atoms with Gasteiger partial charge in [-0.1, -0.05) is 12.1 Å². The lowest BCUT2D eigenvalue weighted by Gasteiger charge is -2.16. The number of aromatic nitrogens is 2. The topological polar surface area (TPSA) is 96.2 Å². The summed E-state index contributed by atoms with van der Waals surface area (Å²) in [5.41, 5.74) is 2.07. The second kappa shape index (κ2) is 4.40. The van der Waals surface area contributed by atoms with Crippen molar-refractivity contribution < 1.29 is 10.2 Å². The lowest BCUT2D eigenvalue weighted by molar-refractivity contribution is 0.248. The number of para-hydroxylation sites is 2. The lowest BCUT2D eigenvalue weighted by Crippen LogP contribution is -2.29. The SMILES string of the molecule is N=C1C(c2nc3ccccc3[nH]2)=C(O)CN1CCO. The number of hydrogen-bond acceptors (Lipinski definition) is 4. The van der Waals surface area contributed by atoms with Crippen LogP contribution in [-0.4, -0.2) is 50.6 Å². The zero-order chi connectivity index (χ0) is 13.4. The normalized spacial score (nSPS) is 15.8. The smallest absolute Gasteiger partial charge is 0.145 e. The van der Waals surface area contributed by atoms with Gasteiger partial charge in [-0.05, 0) is 12.1 Å². The molecule has 1 aliphatic rings. The number of imidazole rings is 1. The number of β-amino-alcohol motifs (C(OH)–C–C–N with tert-alkyl or cyclic N) is 1. The van der Waals surface area contributed by atoms with Gasteiger partial charge in [0.2, 0.25) is 0 Å². The standard InChI is InChI=1S/C13H14N4O2/c14-12-11(10(19)7-17(12)5-6-18)13-15-8-3-1-2-4-9(8)16-13/h1-4,14,18-19H,5-7H2,(H,15,16). The molecule has 6 heteroatoms. The molecule has 2 heterocycles. The van der Waals surface area contributed by atoms with Crippen LogP contribution in [0.25, 0.3) is 16.6 Å². The van der Waals surface area contributed by atoms with Gasteiger partial charge < -0.3 is 20.1 Å². The Labute approximate surface area is 109 Å². The van der Waals surface area contributed by atoms with Gasteiger partial charge in [0.05, 0.1) is 29.8 Å². The molecular formula is C13H14N4O2. The van der Waals surface area contributed by atoms with Crippen LogP contribution in [0, 0.1) is 5.41 Å². The Morgan fingerprint density at radius 2 is 2.16 bits per heavy atom. The van der Waals surface area contributed by atoms with Crippen LogP contribution in [0.5, 0.6) is 0 Å². The molecule has 0 saturated heterocycles. The molecular weight excluding hydrogens is 244 g/mol. The van der Waals surface area contributed by atoms with Gasteiger partial charge in [-0.15, -0.1) is 0 Å². The number of benzene rings is 1. The summed E-state index contributed by atoms with van der Waals surface area (Å²) in [6.45, 7) is 0.515. The maximum atomic E-state index is 9.99. The molecule has 4 N–H and O–H groups in total. The van der Waals surface area contributed by atoms with E-state index in [2.05, 4.69) is 9.97 Å². The zero-order valence-electron chi connectivity index (χ0n) is 10.2. The second-order valence-electron chi connectivity index (χ2n) is 4.42. The van der Waals surface area contributed by atoms with Crippen molar-refractivity contribution in [2.45, 2.75) is 0 Å². The first-order valence-electron chi connectivity index (χ1n) is 6.02. The third kappa shape index (κ3) is 1.86. The largest absolute Gasteiger partial charge is 0.510 e. The van der Waals surface area contributed by atoms with Gasteiger partial charge in [-0.3, -0.25) is 5.41 Å². The third-order valence-corrected chi connectivity index (χ3v) is 3.18. The number of rotatable bonds is 3. The van der Waals surface area contributed by atoms with E-state index in [1.54, 1.807) is 4.90 Å². The molecule has 6 nitrogen and oxygen atoms in total. The Kier molecular flexibility index (Phi) is 2.72. The average Bonchev–Trinajstić information content (AvgIpc) is 2.91. The Morgan fingerprint density at radius 3 is 2.89 bits per heavy atom. The van der Waals surface area contributed by atoms with Crippen LogP contribution in [0.4, 0.5) is 0 Å². The predicted octanol–water partition coefficient (Wildman–Crippen LogP) is 1.12. The summed E-state index contributed by atoms with van der Waals surface area (Å²) in [6.07, 6.45) is 0. The van der Waals surface area contributed by atoms with Crippen LogP contribution in [0.3, 0.4) is 0 Å². The number of nitrogens with one attached hydrogen (secondary N) is 2. The van der Waals surface area contributed by atoms with Crippen molar-refractivity contribution in [3.8, 4) is 0 Å². The molecule has 1 aromatic carbocycles. The van der Waals surface area contributed by atoms with E-state index in [9.17, 15) is 5.11 Å². The highest BCUT2D eigenvalue weighted by atomic mass is 16.3. The van der Waals surface area contributed by atoms with E-state index in [0.29, 0.717) is 17.9 Å². The molecule has 0 atom stereocenters. The van der Waals surface area contributed by atoms with Crippen molar-refractivity contribution in [3.63, 3.8) is 0 Å². The number of amidine groups is 1. The first-order valence-corrected chi connectivity index (χ1v) is 6.02. The summed E-state index contributed by atoms with van der Waals surface area (Å²) < 4.78 is 0. The highest BCUT2D eigenvalue weighted by Crippen LogP contribution is 2.26. The first-order chi connectivity index (χ1) is 9.20. The lowest BCUT2D eigenvalue weighted by atomic mass is 10.2. The molecule has 0 bridgehead atoms. The fourth-order valence-corrected chi connectivity index (χ4v) is 2.27. The number of hydrogen-bond donors (Lipinski definition) is 4. The molecule has 2 aromatic rings. The van der Waals surface area contributed by atoms with Crippen molar-refractivity contribution in [2.75, 3.05) is 19.7 Å². The average molecular weight is 258 g/mol. The number of aromatic amines is 1. The Morgan fingerprint density at radius 1 is 1.37 bits per heavy atom. The monoisotopic (exact) mass is 258 g/mol. The summed E-state index contributed by atoms with van der Waals surface area (Å²) in [6, 6.07) is 7.56. The van der Waals surface area contributed by atoms with Crippen LogP contribution < -0.4 is 0 Å². The van der Waals surface area contributed by atoms with E-state index < -0.39 is 0 Å². The van der Waals surface area contributed by atoms with Gasteiger partial charge in [-0.2, -0.15) is 0 Å². The quantitative estimate of drug-likeness (QED) is 0.663. The van der Waals surface area contributed by atoms with Crippen molar-refractivity contribution in [2.24, 2.45) is 0 Å². The minimum absolute atomic E-state index is 0.0525. The number of H-pyrrole nitrogens is 1. The highest BCUT2D eigenvalue weighted by molar-refractivity contribution is 6.23. The maximum Gasteiger partial charge on any atom is 0.145 e. The Bertz CT molecular complexity index is 641. The second-order valence-corrected chi connectivity index (χ2v) is 4.42. The van der Waals surface area contributed by atoms with Crippen molar-refractivity contribution in [1.29, 1.82) is 5.41 Å². The molecule has 0 saturated carbocycles. The molecule has 0 unspecified atom stereocenters. The van der Waals surface area contributed by atoms with Crippen LogP contribution in [0.15, 0.2) is 30.0 Å². The summed E-state index contributed by atoms with van der Waals surface area (Å²) in [5, 5.41) is 27.0. The molecule has 0 aliphatic carbocycles. The summed E-state index contributed by atoms with van der Waals surface area (Å²) in [5.74, 6) is 0.784. The fourth-order valence-electron chi connectivity index (χ4n) is 2.27. The van der Waals surface area contributed by atoms with Crippen LogP contribution in [0.2, 0.25) is 0 Å². The van der Waals surface area contributed by atoms with Gasteiger partial charge >= 0.3 is 0 Å². The Hall–Kier alpha value is -2.34. The maximum absolute atomic E-state index is 9.99. The molecule has 0 amide bonds. The first kappa shape index (κ1) is 11.7. The number of fused-ring (bicyclic) bond motifs is 1. The Balaban J connectivity index is 2.01. The minimum atomic E-state index is -0.0525. The van der Waals surface area contributed by atoms with E-state index in [1.165, 1.54) is 0 Å². The fraction of sp³-hybridized carbons (Fsp3) is 0.231. The van der Waals surface area contributed by atoms with E-state index >= 15 is 0 Å². The van der Waals surface area contributed by atoms with E-state index in [1.807, 2.05) is 24.3 Å². The van der Waals surface area contributed by atoms with Gasteiger partial charge in [0.25, 0.3) is 0 Å². The van der Waals surface area contributed by atoms with Crippen molar-refractivity contribution >= 4 is 22.4 Å². The third-order valence-electron chi connectivity index (χ3n) is 3.18. The number of nitrogens with zero attached hydrogens (tertiary/aromatic N) is 2. The molecule has 19 heavy (non-hydrogen) atoms. The molecule has 0 spiro atoms. The zero-order valence-corrected chi connectivity index (χ0v) is 10.2. The number of aliphatic hydroxyl groups excluding tert-OH is 2. The van der Waals surface area contributed by atoms with Crippen molar-refractivity contribution in [1.82, 2.24) is 14.9 Å². The molecule has 3 rings (SSSR count). The highest BCUT2D eigenvalue weighted by Gasteiger charge is 2.29. The van der Waals surface area contributed by atoms with Crippen LogP contribution in [-0.2, 0) is 0 Å². The predicted molar refractivity (Wildman–Crippen MR) is 72.0 cm³/mol. The summed E-state index contributed by atoms with van der Waals surface area (Å²) in [7, 11) is 0.